The fourth-order valence-electron chi connectivity index (χ4n) is 1.92. The number of H-pyrrole nitrogens is 1. The van der Waals surface area contributed by atoms with Crippen molar-refractivity contribution in [1.82, 2.24) is 15.0 Å². The van der Waals surface area contributed by atoms with Crippen molar-refractivity contribution in [2.75, 3.05) is 0 Å². The van der Waals surface area contributed by atoms with Crippen LogP contribution >= 0.6 is 27.5 Å². The molecule has 0 spiro atoms. The third-order valence-corrected chi connectivity index (χ3v) is 3.61. The van der Waals surface area contributed by atoms with Gasteiger partial charge in [0, 0.05) is 21.3 Å². The smallest absolute Gasteiger partial charge is 0.161 e. The molecule has 5 heteroatoms. The number of hydrogen-bond acceptors (Lipinski definition) is 2. The van der Waals surface area contributed by atoms with Gasteiger partial charge in [-0.25, -0.2) is 9.97 Å². The number of fused-ring (bicyclic) bond motifs is 1. The Labute approximate surface area is 117 Å². The van der Waals surface area contributed by atoms with Gasteiger partial charge in [-0.15, -0.1) is 0 Å². The summed E-state index contributed by atoms with van der Waals surface area (Å²) in [6.07, 6.45) is 1.87. The molecular formula is C13H9BrClN3. The van der Waals surface area contributed by atoms with Crippen molar-refractivity contribution < 1.29 is 0 Å². The number of hydrogen-bond donors (Lipinski definition) is 1. The van der Waals surface area contributed by atoms with Gasteiger partial charge in [0.15, 0.2) is 5.82 Å². The standard InChI is InChI=1S/C13H9BrClN3/c1-7-11-10(14)6-16-13(11)18-12(17-7)8-3-2-4-9(15)5-8/h2-6H,1H3,(H,16,17,18). The van der Waals surface area contributed by atoms with Gasteiger partial charge in [0.1, 0.15) is 5.65 Å². The normalized spacial score (nSPS) is 11.1. The number of aryl methyl sites for hydroxylation is 1. The van der Waals surface area contributed by atoms with Crippen molar-refractivity contribution in [2.45, 2.75) is 6.92 Å². The van der Waals surface area contributed by atoms with Crippen LogP contribution in [0, 0.1) is 6.92 Å². The van der Waals surface area contributed by atoms with E-state index in [1.807, 2.05) is 37.4 Å². The third kappa shape index (κ3) is 1.91. The third-order valence-electron chi connectivity index (χ3n) is 2.75. The van der Waals surface area contributed by atoms with E-state index in [2.05, 4.69) is 30.9 Å². The molecule has 3 nitrogen and oxygen atoms in total. The van der Waals surface area contributed by atoms with Crippen LogP contribution in [-0.2, 0) is 0 Å². The van der Waals surface area contributed by atoms with Crippen LogP contribution in [0.3, 0.4) is 0 Å². The molecule has 0 amide bonds. The van der Waals surface area contributed by atoms with Crippen LogP contribution in [0.2, 0.25) is 5.02 Å². The van der Waals surface area contributed by atoms with E-state index < -0.39 is 0 Å². The SMILES string of the molecule is Cc1nc(-c2cccc(Cl)c2)nc2[nH]cc(Br)c12. The van der Waals surface area contributed by atoms with E-state index >= 15 is 0 Å². The summed E-state index contributed by atoms with van der Waals surface area (Å²) >= 11 is 9.46. The van der Waals surface area contributed by atoms with Gasteiger partial charge in [-0.2, -0.15) is 0 Å². The highest BCUT2D eigenvalue weighted by Gasteiger charge is 2.10. The second kappa shape index (κ2) is 4.37. The Morgan fingerprint density at radius 2 is 2.11 bits per heavy atom. The molecule has 0 saturated heterocycles. The van der Waals surface area contributed by atoms with Crippen molar-refractivity contribution in [3.8, 4) is 11.4 Å². The Morgan fingerprint density at radius 1 is 1.28 bits per heavy atom. The first-order valence-corrected chi connectivity index (χ1v) is 6.59. The Kier molecular flexibility index (Phi) is 2.84. The average Bonchev–Trinajstić information content (AvgIpc) is 2.71. The van der Waals surface area contributed by atoms with Crippen molar-refractivity contribution in [1.29, 1.82) is 0 Å². The van der Waals surface area contributed by atoms with Gasteiger partial charge in [0.25, 0.3) is 0 Å². The number of benzene rings is 1. The highest BCUT2D eigenvalue weighted by Crippen LogP contribution is 2.27. The molecule has 0 radical (unpaired) electrons. The van der Waals surface area contributed by atoms with Gasteiger partial charge in [0.05, 0.1) is 11.1 Å². The molecule has 2 aromatic heterocycles. The van der Waals surface area contributed by atoms with Crippen LogP contribution in [0.25, 0.3) is 22.4 Å². The number of nitrogens with zero attached hydrogens (tertiary/aromatic N) is 2. The predicted octanol–water partition coefficient (Wildman–Crippen LogP) is 4.35. The van der Waals surface area contributed by atoms with Gasteiger partial charge < -0.3 is 4.98 Å². The summed E-state index contributed by atoms with van der Waals surface area (Å²) in [5.74, 6) is 0.678. The molecule has 0 fully saturated rings. The molecule has 3 rings (SSSR count). The van der Waals surface area contributed by atoms with Gasteiger partial charge >= 0.3 is 0 Å². The van der Waals surface area contributed by atoms with Gasteiger partial charge in [-0.1, -0.05) is 23.7 Å². The van der Waals surface area contributed by atoms with Crippen molar-refractivity contribution in [3.63, 3.8) is 0 Å². The van der Waals surface area contributed by atoms with E-state index in [-0.39, 0.29) is 0 Å². The fraction of sp³-hybridized carbons (Fsp3) is 0.0769. The average molecular weight is 323 g/mol. The monoisotopic (exact) mass is 321 g/mol. The van der Waals surface area contributed by atoms with Crippen molar-refractivity contribution in [3.05, 3.63) is 45.7 Å². The summed E-state index contributed by atoms with van der Waals surface area (Å²) < 4.78 is 0.979. The molecule has 2 heterocycles. The Balaban J connectivity index is 2.25. The second-order valence-electron chi connectivity index (χ2n) is 4.00. The number of nitrogens with one attached hydrogen (secondary N) is 1. The van der Waals surface area contributed by atoms with Crippen LogP contribution in [0.15, 0.2) is 34.9 Å². The minimum Gasteiger partial charge on any atom is -0.345 e. The Bertz CT molecular complexity index is 736. The summed E-state index contributed by atoms with van der Waals surface area (Å²) in [5.41, 5.74) is 2.67. The zero-order valence-corrected chi connectivity index (χ0v) is 11.9. The molecule has 0 aliphatic heterocycles. The van der Waals surface area contributed by atoms with E-state index in [9.17, 15) is 0 Å². The summed E-state index contributed by atoms with van der Waals surface area (Å²) in [4.78, 5) is 12.2. The maximum absolute atomic E-state index is 5.99. The Hall–Kier alpha value is -1.39. The number of aromatic nitrogens is 3. The molecule has 0 aliphatic rings. The Morgan fingerprint density at radius 3 is 2.89 bits per heavy atom. The lowest BCUT2D eigenvalue weighted by Crippen LogP contribution is -1.93. The quantitative estimate of drug-likeness (QED) is 0.723. The summed E-state index contributed by atoms with van der Waals surface area (Å²) in [6.45, 7) is 1.97. The van der Waals surface area contributed by atoms with E-state index in [1.54, 1.807) is 0 Å². The van der Waals surface area contributed by atoms with Gasteiger partial charge in [-0.05, 0) is 35.0 Å². The van der Waals surface area contributed by atoms with Crippen LogP contribution in [-0.4, -0.2) is 15.0 Å². The van der Waals surface area contributed by atoms with Crippen LogP contribution in [0.4, 0.5) is 0 Å². The summed E-state index contributed by atoms with van der Waals surface area (Å²) in [7, 11) is 0. The van der Waals surface area contributed by atoms with E-state index in [0.29, 0.717) is 10.8 Å². The lowest BCUT2D eigenvalue weighted by atomic mass is 10.2. The molecule has 1 aromatic carbocycles. The number of aromatic amines is 1. The highest BCUT2D eigenvalue weighted by atomic mass is 79.9. The van der Waals surface area contributed by atoms with Gasteiger partial charge in [0.2, 0.25) is 0 Å². The molecule has 1 N–H and O–H groups in total. The minimum atomic E-state index is 0.678. The topological polar surface area (TPSA) is 41.6 Å². The van der Waals surface area contributed by atoms with E-state index in [0.717, 1.165) is 26.8 Å². The molecule has 90 valence electrons. The zero-order chi connectivity index (χ0) is 12.7. The van der Waals surface area contributed by atoms with E-state index in [4.69, 9.17) is 11.6 Å². The molecular weight excluding hydrogens is 314 g/mol. The maximum Gasteiger partial charge on any atom is 0.161 e. The largest absolute Gasteiger partial charge is 0.345 e. The number of rotatable bonds is 1. The molecule has 0 bridgehead atoms. The van der Waals surface area contributed by atoms with Crippen molar-refractivity contribution >= 4 is 38.6 Å². The predicted molar refractivity (Wildman–Crippen MR) is 76.8 cm³/mol. The summed E-state index contributed by atoms with van der Waals surface area (Å²) in [6, 6.07) is 7.54. The van der Waals surface area contributed by atoms with Crippen molar-refractivity contribution in [2.24, 2.45) is 0 Å². The molecule has 0 atom stereocenters. The van der Waals surface area contributed by atoms with Crippen LogP contribution < -0.4 is 0 Å². The number of halogens is 2. The van der Waals surface area contributed by atoms with Gasteiger partial charge in [-0.3, -0.25) is 0 Å². The van der Waals surface area contributed by atoms with Crippen LogP contribution in [0.5, 0.6) is 0 Å². The van der Waals surface area contributed by atoms with E-state index in [1.165, 1.54) is 0 Å². The molecule has 3 aromatic rings. The molecule has 0 aliphatic carbocycles. The molecule has 18 heavy (non-hydrogen) atoms. The highest BCUT2D eigenvalue weighted by molar-refractivity contribution is 9.10. The summed E-state index contributed by atoms with van der Waals surface area (Å²) in [5, 5.41) is 1.70. The lowest BCUT2D eigenvalue weighted by molar-refractivity contribution is 1.15. The first kappa shape index (κ1) is 11.7. The first-order valence-electron chi connectivity index (χ1n) is 5.42. The first-order chi connectivity index (χ1) is 8.65. The maximum atomic E-state index is 5.99. The molecule has 0 saturated carbocycles. The lowest BCUT2D eigenvalue weighted by Gasteiger charge is -2.03. The zero-order valence-electron chi connectivity index (χ0n) is 9.54. The van der Waals surface area contributed by atoms with Crippen LogP contribution in [0.1, 0.15) is 5.69 Å². The second-order valence-corrected chi connectivity index (χ2v) is 5.29. The minimum absolute atomic E-state index is 0.678. The fourth-order valence-corrected chi connectivity index (χ4v) is 2.70. The molecule has 0 unspecified atom stereocenters.